The molecule has 2 aromatic rings. The molecule has 0 atom stereocenters. The van der Waals surface area contributed by atoms with E-state index in [1.54, 1.807) is 18.6 Å². The minimum Gasteiger partial charge on any atom is -0.352 e. The van der Waals surface area contributed by atoms with Gasteiger partial charge in [0.1, 0.15) is 17.5 Å². The molecule has 2 heterocycles. The topological polar surface area (TPSA) is 54.8 Å². The van der Waals surface area contributed by atoms with Crippen molar-refractivity contribution in [2.75, 3.05) is 11.9 Å². The number of aromatic nitrogens is 4. The van der Waals surface area contributed by atoms with Gasteiger partial charge in [-0.3, -0.25) is 0 Å². The van der Waals surface area contributed by atoms with Crippen LogP contribution < -0.4 is 4.90 Å². The van der Waals surface area contributed by atoms with Gasteiger partial charge < -0.3 is 4.90 Å². The van der Waals surface area contributed by atoms with E-state index in [9.17, 15) is 0 Å². The third-order valence-corrected chi connectivity index (χ3v) is 3.16. The smallest absolute Gasteiger partial charge is 0.147 e. The summed E-state index contributed by atoms with van der Waals surface area (Å²) in [5.74, 6) is 2.46. The van der Waals surface area contributed by atoms with E-state index in [0.717, 1.165) is 21.9 Å². The predicted octanol–water partition coefficient (Wildman–Crippen LogP) is 2.96. The van der Waals surface area contributed by atoms with Gasteiger partial charge in [-0.2, -0.15) is 0 Å². The molecule has 20 heavy (non-hydrogen) atoms. The van der Waals surface area contributed by atoms with Gasteiger partial charge in [0, 0.05) is 31.1 Å². The lowest BCUT2D eigenvalue weighted by atomic mass is 9.96. The Morgan fingerprint density at radius 3 is 2.40 bits per heavy atom. The lowest BCUT2D eigenvalue weighted by Gasteiger charge is -2.21. The summed E-state index contributed by atoms with van der Waals surface area (Å²) in [5, 5.41) is 0. The summed E-state index contributed by atoms with van der Waals surface area (Å²) in [5.41, 5.74) is -0.0645. The highest BCUT2D eigenvalue weighted by molar-refractivity contribution is 9.10. The first-order chi connectivity index (χ1) is 9.36. The molecule has 0 saturated carbocycles. The molecule has 0 aliphatic carbocycles. The van der Waals surface area contributed by atoms with E-state index in [1.807, 2.05) is 18.0 Å². The minimum absolute atomic E-state index is 0.0645. The molecule has 0 bridgehead atoms. The summed E-state index contributed by atoms with van der Waals surface area (Å²) in [6.07, 6.45) is 5.29. The molecular formula is C14H18BrN5. The number of rotatable bonds is 3. The van der Waals surface area contributed by atoms with Crippen molar-refractivity contribution in [3.8, 4) is 0 Å². The largest absolute Gasteiger partial charge is 0.352 e. The third-order valence-electron chi connectivity index (χ3n) is 2.76. The van der Waals surface area contributed by atoms with E-state index in [-0.39, 0.29) is 5.41 Å². The van der Waals surface area contributed by atoms with E-state index in [1.165, 1.54) is 0 Å². The minimum atomic E-state index is -0.0645. The van der Waals surface area contributed by atoms with E-state index in [4.69, 9.17) is 0 Å². The number of hydrogen-bond acceptors (Lipinski definition) is 5. The first kappa shape index (κ1) is 14.8. The zero-order chi connectivity index (χ0) is 14.8. The van der Waals surface area contributed by atoms with Crippen molar-refractivity contribution in [1.82, 2.24) is 19.9 Å². The highest BCUT2D eigenvalue weighted by Crippen LogP contribution is 2.20. The van der Waals surface area contributed by atoms with Crippen molar-refractivity contribution < 1.29 is 0 Å². The van der Waals surface area contributed by atoms with E-state index < -0.39 is 0 Å². The zero-order valence-electron chi connectivity index (χ0n) is 12.1. The van der Waals surface area contributed by atoms with Crippen molar-refractivity contribution in [3.05, 3.63) is 40.8 Å². The third kappa shape index (κ3) is 3.72. The number of nitrogens with zero attached hydrogens (tertiary/aromatic N) is 5. The Balaban J connectivity index is 2.17. The second-order valence-corrected chi connectivity index (χ2v) is 6.58. The fourth-order valence-electron chi connectivity index (χ4n) is 1.64. The quantitative estimate of drug-likeness (QED) is 0.863. The molecular weight excluding hydrogens is 318 g/mol. The van der Waals surface area contributed by atoms with E-state index >= 15 is 0 Å². The Bertz CT molecular complexity index is 577. The maximum atomic E-state index is 4.61. The molecule has 2 rings (SSSR count). The van der Waals surface area contributed by atoms with Crippen LogP contribution in [0.3, 0.4) is 0 Å². The second-order valence-electron chi connectivity index (χ2n) is 5.66. The summed E-state index contributed by atoms with van der Waals surface area (Å²) in [7, 11) is 1.97. The molecule has 0 fully saturated rings. The molecule has 0 N–H and O–H groups in total. The second kappa shape index (κ2) is 5.83. The van der Waals surface area contributed by atoms with Crippen LogP contribution in [0.2, 0.25) is 0 Å². The lowest BCUT2D eigenvalue weighted by Crippen LogP contribution is -2.22. The fourth-order valence-corrected chi connectivity index (χ4v) is 1.84. The van der Waals surface area contributed by atoms with Crippen molar-refractivity contribution in [1.29, 1.82) is 0 Å². The summed E-state index contributed by atoms with van der Waals surface area (Å²) in [4.78, 5) is 19.5. The molecule has 0 aromatic carbocycles. The normalized spacial score (nSPS) is 11.4. The maximum absolute atomic E-state index is 4.61. The maximum Gasteiger partial charge on any atom is 0.147 e. The summed E-state index contributed by atoms with van der Waals surface area (Å²) < 4.78 is 0.876. The number of anilines is 1. The van der Waals surface area contributed by atoms with Crippen LogP contribution in [0, 0.1) is 0 Å². The van der Waals surface area contributed by atoms with Gasteiger partial charge in [-0.15, -0.1) is 0 Å². The van der Waals surface area contributed by atoms with Crippen LogP contribution in [0.5, 0.6) is 0 Å². The summed E-state index contributed by atoms with van der Waals surface area (Å²) in [6, 6.07) is 1.90. The van der Waals surface area contributed by atoms with Crippen molar-refractivity contribution >= 4 is 21.7 Å². The molecule has 0 saturated heterocycles. The highest BCUT2D eigenvalue weighted by Gasteiger charge is 2.18. The number of hydrogen-bond donors (Lipinski definition) is 0. The first-order valence-corrected chi connectivity index (χ1v) is 7.16. The Morgan fingerprint density at radius 2 is 1.80 bits per heavy atom. The van der Waals surface area contributed by atoms with Gasteiger partial charge in [0.15, 0.2) is 0 Å². The zero-order valence-corrected chi connectivity index (χ0v) is 13.7. The van der Waals surface area contributed by atoms with Crippen LogP contribution in [0.15, 0.2) is 29.1 Å². The van der Waals surface area contributed by atoms with Gasteiger partial charge >= 0.3 is 0 Å². The lowest BCUT2D eigenvalue weighted by molar-refractivity contribution is 0.544. The van der Waals surface area contributed by atoms with Crippen LogP contribution >= 0.6 is 15.9 Å². The predicted molar refractivity (Wildman–Crippen MR) is 82.6 cm³/mol. The Labute approximate surface area is 127 Å². The van der Waals surface area contributed by atoms with Gasteiger partial charge in [-0.1, -0.05) is 20.8 Å². The fraction of sp³-hybridized carbons (Fsp3) is 0.429. The van der Waals surface area contributed by atoms with E-state index in [0.29, 0.717) is 6.54 Å². The van der Waals surface area contributed by atoms with E-state index in [2.05, 4.69) is 56.6 Å². The average Bonchev–Trinajstić information content (AvgIpc) is 2.40. The van der Waals surface area contributed by atoms with Crippen molar-refractivity contribution in [2.24, 2.45) is 0 Å². The summed E-state index contributed by atoms with van der Waals surface area (Å²) >= 11 is 3.33. The molecule has 2 aromatic heterocycles. The van der Waals surface area contributed by atoms with Gasteiger partial charge in [-0.05, 0) is 22.0 Å². The van der Waals surface area contributed by atoms with Crippen LogP contribution in [0.25, 0.3) is 0 Å². The summed E-state index contributed by atoms with van der Waals surface area (Å²) in [6.45, 7) is 6.91. The molecule has 0 aliphatic rings. The van der Waals surface area contributed by atoms with Gasteiger partial charge in [-0.25, -0.2) is 19.9 Å². The molecule has 106 valence electrons. The number of halogens is 1. The van der Waals surface area contributed by atoms with Crippen LogP contribution in [0.1, 0.15) is 32.4 Å². The standard InChI is InChI=1S/C14H18BrN5/c1-14(2,3)13-16-6-5-12(19-13)20(4)9-11-17-7-10(15)8-18-11/h5-8H,9H2,1-4H3. The SMILES string of the molecule is CN(Cc1ncc(Br)cn1)c1ccnc(C(C)(C)C)n1. The highest BCUT2D eigenvalue weighted by atomic mass is 79.9. The Kier molecular flexibility index (Phi) is 4.32. The monoisotopic (exact) mass is 335 g/mol. The molecule has 6 heteroatoms. The average molecular weight is 336 g/mol. The van der Waals surface area contributed by atoms with Gasteiger partial charge in [0.05, 0.1) is 11.0 Å². The Morgan fingerprint density at radius 1 is 1.15 bits per heavy atom. The van der Waals surface area contributed by atoms with Gasteiger partial charge in [0.2, 0.25) is 0 Å². The molecule has 0 aliphatic heterocycles. The van der Waals surface area contributed by atoms with Crippen LogP contribution in [-0.2, 0) is 12.0 Å². The van der Waals surface area contributed by atoms with Crippen LogP contribution in [-0.4, -0.2) is 27.0 Å². The molecule has 0 spiro atoms. The van der Waals surface area contributed by atoms with Crippen LogP contribution in [0.4, 0.5) is 5.82 Å². The van der Waals surface area contributed by atoms with Crippen molar-refractivity contribution in [2.45, 2.75) is 32.7 Å². The molecule has 0 unspecified atom stereocenters. The molecule has 5 nitrogen and oxygen atoms in total. The Hall–Kier alpha value is -1.56. The van der Waals surface area contributed by atoms with Crippen molar-refractivity contribution in [3.63, 3.8) is 0 Å². The first-order valence-electron chi connectivity index (χ1n) is 6.37. The molecule has 0 radical (unpaired) electrons. The van der Waals surface area contributed by atoms with Gasteiger partial charge in [0.25, 0.3) is 0 Å². The molecule has 0 amide bonds.